The van der Waals surface area contributed by atoms with Gasteiger partial charge in [-0.3, -0.25) is 0 Å². The predicted molar refractivity (Wildman–Crippen MR) is 82.5 cm³/mol. The molecule has 19 heavy (non-hydrogen) atoms. The minimum Gasteiger partial charge on any atom is -0.389 e. The summed E-state index contributed by atoms with van der Waals surface area (Å²) in [5.41, 5.74) is 0. The molecule has 0 aromatic carbocycles. The third-order valence-electron chi connectivity index (χ3n) is 3.33. The van der Waals surface area contributed by atoms with E-state index in [1.807, 2.05) is 0 Å². The summed E-state index contributed by atoms with van der Waals surface area (Å²) in [5.74, 6) is 0.751. The highest BCUT2D eigenvalue weighted by molar-refractivity contribution is 4.66. The summed E-state index contributed by atoms with van der Waals surface area (Å²) in [6, 6.07) is 0.474. The first-order chi connectivity index (χ1) is 9.06. The first-order valence-corrected chi connectivity index (χ1v) is 8.05. The van der Waals surface area contributed by atoms with Crippen LogP contribution in [0.2, 0.25) is 0 Å². The summed E-state index contributed by atoms with van der Waals surface area (Å²) < 4.78 is 5.48. The van der Waals surface area contributed by atoms with Gasteiger partial charge in [0.25, 0.3) is 0 Å². The van der Waals surface area contributed by atoms with E-state index in [0.29, 0.717) is 19.2 Å². The van der Waals surface area contributed by atoms with Crippen LogP contribution in [0.15, 0.2) is 0 Å². The van der Waals surface area contributed by atoms with Crippen LogP contribution in [0.25, 0.3) is 0 Å². The lowest BCUT2D eigenvalue weighted by molar-refractivity contribution is 0.0342. The molecule has 0 saturated carbocycles. The Balaban J connectivity index is 3.35. The second kappa shape index (κ2) is 12.9. The average Bonchev–Trinajstić information content (AvgIpc) is 2.38. The van der Waals surface area contributed by atoms with Crippen LogP contribution in [-0.4, -0.2) is 37.0 Å². The zero-order valence-corrected chi connectivity index (χ0v) is 13.5. The Kier molecular flexibility index (Phi) is 12.8. The molecule has 0 amide bonds. The lowest BCUT2D eigenvalue weighted by atomic mass is 10.0. The summed E-state index contributed by atoms with van der Waals surface area (Å²) in [6.07, 6.45) is 6.89. The van der Waals surface area contributed by atoms with Crippen molar-refractivity contribution in [3.63, 3.8) is 0 Å². The molecular formula is C16H35NO2. The molecule has 0 fully saturated rings. The van der Waals surface area contributed by atoms with Gasteiger partial charge in [-0.1, -0.05) is 40.0 Å². The Labute approximate surface area is 120 Å². The van der Waals surface area contributed by atoms with Gasteiger partial charge in [0.15, 0.2) is 0 Å². The van der Waals surface area contributed by atoms with Gasteiger partial charge in [0, 0.05) is 19.2 Å². The molecule has 0 heterocycles. The van der Waals surface area contributed by atoms with Crippen LogP contribution in [0.5, 0.6) is 0 Å². The van der Waals surface area contributed by atoms with E-state index in [1.54, 1.807) is 0 Å². The number of hydrogen-bond acceptors (Lipinski definition) is 3. The van der Waals surface area contributed by atoms with E-state index in [0.717, 1.165) is 18.9 Å². The molecule has 0 saturated heterocycles. The van der Waals surface area contributed by atoms with E-state index < -0.39 is 0 Å². The van der Waals surface area contributed by atoms with Crippen LogP contribution in [0.4, 0.5) is 0 Å². The zero-order chi connectivity index (χ0) is 14.5. The Morgan fingerprint density at radius 1 is 1.05 bits per heavy atom. The molecule has 2 N–H and O–H groups in total. The number of hydrogen-bond donors (Lipinski definition) is 2. The standard InChI is InChI=1S/C16H35NO2/c1-5-6-7-8-11-19-13-16(18)12-17-15(4)10-9-14(2)3/h14-18H,5-13H2,1-4H3/t15-,16+/m0/s1. The van der Waals surface area contributed by atoms with Gasteiger partial charge in [-0.25, -0.2) is 0 Å². The monoisotopic (exact) mass is 273 g/mol. The highest BCUT2D eigenvalue weighted by atomic mass is 16.5. The minimum atomic E-state index is -0.382. The fourth-order valence-corrected chi connectivity index (χ4v) is 1.93. The van der Waals surface area contributed by atoms with E-state index in [4.69, 9.17) is 4.74 Å². The first kappa shape index (κ1) is 18.9. The smallest absolute Gasteiger partial charge is 0.0897 e. The highest BCUT2D eigenvalue weighted by Gasteiger charge is 2.07. The van der Waals surface area contributed by atoms with E-state index in [1.165, 1.54) is 32.1 Å². The fourth-order valence-electron chi connectivity index (χ4n) is 1.93. The van der Waals surface area contributed by atoms with Crippen molar-refractivity contribution in [2.75, 3.05) is 19.8 Å². The highest BCUT2D eigenvalue weighted by Crippen LogP contribution is 2.06. The van der Waals surface area contributed by atoms with Gasteiger partial charge in [-0.05, 0) is 32.1 Å². The molecule has 0 spiro atoms. The van der Waals surface area contributed by atoms with Crippen molar-refractivity contribution in [3.05, 3.63) is 0 Å². The van der Waals surface area contributed by atoms with Gasteiger partial charge >= 0.3 is 0 Å². The van der Waals surface area contributed by atoms with Gasteiger partial charge in [0.2, 0.25) is 0 Å². The maximum atomic E-state index is 9.79. The topological polar surface area (TPSA) is 41.5 Å². The van der Waals surface area contributed by atoms with Crippen LogP contribution in [0.1, 0.15) is 66.2 Å². The lowest BCUT2D eigenvalue weighted by Crippen LogP contribution is -2.36. The van der Waals surface area contributed by atoms with Crippen molar-refractivity contribution < 1.29 is 9.84 Å². The molecule has 0 unspecified atom stereocenters. The molecule has 0 bridgehead atoms. The van der Waals surface area contributed by atoms with Gasteiger partial charge in [-0.15, -0.1) is 0 Å². The summed E-state index contributed by atoms with van der Waals surface area (Å²) in [5, 5.41) is 13.2. The predicted octanol–water partition coefficient (Wildman–Crippen LogP) is 3.36. The summed E-state index contributed by atoms with van der Waals surface area (Å²) >= 11 is 0. The molecule has 0 radical (unpaired) electrons. The second-order valence-electron chi connectivity index (χ2n) is 6.07. The average molecular weight is 273 g/mol. The number of unbranched alkanes of at least 4 members (excludes halogenated alkanes) is 3. The number of nitrogens with one attached hydrogen (secondary N) is 1. The molecule has 0 rings (SSSR count). The van der Waals surface area contributed by atoms with Crippen molar-refractivity contribution >= 4 is 0 Å². The van der Waals surface area contributed by atoms with Gasteiger partial charge in [0.1, 0.15) is 0 Å². The third-order valence-corrected chi connectivity index (χ3v) is 3.33. The SMILES string of the molecule is CCCCCCOC[C@H](O)CN[C@@H](C)CCC(C)C. The number of aliphatic hydroxyl groups excluding tert-OH is 1. The minimum absolute atomic E-state index is 0.382. The molecule has 3 nitrogen and oxygen atoms in total. The van der Waals surface area contributed by atoms with Crippen LogP contribution in [0, 0.1) is 5.92 Å². The Hall–Kier alpha value is -0.120. The Morgan fingerprint density at radius 2 is 1.79 bits per heavy atom. The number of aliphatic hydroxyl groups is 1. The zero-order valence-electron chi connectivity index (χ0n) is 13.5. The molecule has 0 aliphatic carbocycles. The van der Waals surface area contributed by atoms with E-state index in [-0.39, 0.29) is 6.10 Å². The lowest BCUT2D eigenvalue weighted by Gasteiger charge is -2.18. The fraction of sp³-hybridized carbons (Fsp3) is 1.00. The number of ether oxygens (including phenoxy) is 1. The van der Waals surface area contributed by atoms with Crippen LogP contribution < -0.4 is 5.32 Å². The molecule has 0 aliphatic heterocycles. The molecule has 3 heteroatoms. The summed E-state index contributed by atoms with van der Waals surface area (Å²) in [7, 11) is 0. The second-order valence-corrected chi connectivity index (χ2v) is 6.07. The van der Waals surface area contributed by atoms with E-state index in [2.05, 4.69) is 33.0 Å². The molecule has 0 aromatic rings. The van der Waals surface area contributed by atoms with Crippen LogP contribution in [0.3, 0.4) is 0 Å². The van der Waals surface area contributed by atoms with Crippen molar-refractivity contribution in [2.45, 2.75) is 78.4 Å². The molecular weight excluding hydrogens is 238 g/mol. The van der Waals surface area contributed by atoms with Crippen molar-refractivity contribution in [3.8, 4) is 0 Å². The van der Waals surface area contributed by atoms with Gasteiger partial charge in [0.05, 0.1) is 12.7 Å². The maximum Gasteiger partial charge on any atom is 0.0897 e. The van der Waals surface area contributed by atoms with Gasteiger partial charge < -0.3 is 15.2 Å². The summed E-state index contributed by atoms with van der Waals surface area (Å²) in [6.45, 7) is 10.7. The van der Waals surface area contributed by atoms with Crippen LogP contribution >= 0.6 is 0 Å². The normalized spacial score (nSPS) is 14.8. The Bertz CT molecular complexity index is 186. The van der Waals surface area contributed by atoms with E-state index >= 15 is 0 Å². The van der Waals surface area contributed by atoms with Crippen molar-refractivity contribution in [1.29, 1.82) is 0 Å². The maximum absolute atomic E-state index is 9.79. The number of rotatable bonds is 13. The molecule has 116 valence electrons. The van der Waals surface area contributed by atoms with Gasteiger partial charge in [-0.2, -0.15) is 0 Å². The van der Waals surface area contributed by atoms with Crippen molar-refractivity contribution in [1.82, 2.24) is 5.32 Å². The quantitative estimate of drug-likeness (QED) is 0.506. The summed E-state index contributed by atoms with van der Waals surface area (Å²) in [4.78, 5) is 0. The van der Waals surface area contributed by atoms with Crippen LogP contribution in [-0.2, 0) is 4.74 Å². The third kappa shape index (κ3) is 14.1. The molecule has 0 aromatic heterocycles. The van der Waals surface area contributed by atoms with E-state index in [9.17, 15) is 5.11 Å². The largest absolute Gasteiger partial charge is 0.389 e. The molecule has 0 aliphatic rings. The van der Waals surface area contributed by atoms with Crippen molar-refractivity contribution in [2.24, 2.45) is 5.92 Å². The first-order valence-electron chi connectivity index (χ1n) is 8.05. The Morgan fingerprint density at radius 3 is 2.42 bits per heavy atom. The molecule has 2 atom stereocenters.